The molecule has 1 N–H and O–H groups in total. The van der Waals surface area contributed by atoms with Gasteiger partial charge in [-0.3, -0.25) is 9.69 Å². The first-order valence-electron chi connectivity index (χ1n) is 11.6. The van der Waals surface area contributed by atoms with Crippen LogP contribution in [0.4, 0.5) is 5.69 Å². The molecular formula is C26H35N3O3. The number of rotatable bonds is 7. The summed E-state index contributed by atoms with van der Waals surface area (Å²) in [7, 11) is 5.53. The van der Waals surface area contributed by atoms with Gasteiger partial charge in [0.1, 0.15) is 11.5 Å². The second kappa shape index (κ2) is 10.4. The third-order valence-corrected chi connectivity index (χ3v) is 7.05. The van der Waals surface area contributed by atoms with Crippen molar-refractivity contribution in [3.05, 3.63) is 54.1 Å². The lowest BCUT2D eigenvalue weighted by molar-refractivity contribution is -0.119. The fraction of sp³-hybridized carbons (Fsp3) is 0.500. The highest BCUT2D eigenvalue weighted by Gasteiger charge is 2.39. The van der Waals surface area contributed by atoms with Crippen LogP contribution in [0.3, 0.4) is 0 Å². The zero-order valence-electron chi connectivity index (χ0n) is 19.4. The Labute approximate surface area is 191 Å². The van der Waals surface area contributed by atoms with Gasteiger partial charge in [-0.1, -0.05) is 12.1 Å². The molecule has 2 heterocycles. The average Bonchev–Trinajstić information content (AvgIpc) is 3.22. The average molecular weight is 438 g/mol. The quantitative estimate of drug-likeness (QED) is 0.713. The highest BCUT2D eigenvalue weighted by Crippen LogP contribution is 2.34. The summed E-state index contributed by atoms with van der Waals surface area (Å²) in [5, 5.41) is 3.08. The Morgan fingerprint density at radius 2 is 1.75 bits per heavy atom. The van der Waals surface area contributed by atoms with Gasteiger partial charge in [-0.05, 0) is 87.3 Å². The van der Waals surface area contributed by atoms with Gasteiger partial charge in [-0.15, -0.1) is 0 Å². The Kier molecular flexibility index (Phi) is 7.33. The van der Waals surface area contributed by atoms with E-state index in [1.807, 2.05) is 30.3 Å². The minimum absolute atomic E-state index is 0.0434. The Hall–Kier alpha value is -2.57. The zero-order chi connectivity index (χ0) is 22.5. The summed E-state index contributed by atoms with van der Waals surface area (Å²) in [6.07, 6.45) is 3.32. The van der Waals surface area contributed by atoms with E-state index in [2.05, 4.69) is 40.4 Å². The van der Waals surface area contributed by atoms with Crippen molar-refractivity contribution in [3.8, 4) is 11.5 Å². The number of methoxy groups -OCH3 is 2. The van der Waals surface area contributed by atoms with Gasteiger partial charge in [0, 0.05) is 24.8 Å². The van der Waals surface area contributed by atoms with E-state index in [0.29, 0.717) is 12.0 Å². The van der Waals surface area contributed by atoms with E-state index in [4.69, 9.17) is 9.47 Å². The molecule has 0 bridgehead atoms. The van der Waals surface area contributed by atoms with Crippen molar-refractivity contribution in [2.24, 2.45) is 11.8 Å². The van der Waals surface area contributed by atoms with Gasteiger partial charge in [0.05, 0.1) is 20.1 Å². The van der Waals surface area contributed by atoms with Gasteiger partial charge in [0.25, 0.3) is 0 Å². The second-order valence-corrected chi connectivity index (χ2v) is 9.12. The Balaban J connectivity index is 1.27. The topological polar surface area (TPSA) is 54.0 Å². The van der Waals surface area contributed by atoms with Gasteiger partial charge < -0.3 is 19.7 Å². The van der Waals surface area contributed by atoms with Crippen LogP contribution in [0.2, 0.25) is 0 Å². The predicted octanol–water partition coefficient (Wildman–Crippen LogP) is 3.87. The first-order valence-corrected chi connectivity index (χ1v) is 11.6. The molecule has 6 heteroatoms. The van der Waals surface area contributed by atoms with Crippen LogP contribution in [-0.2, 0) is 11.3 Å². The lowest BCUT2D eigenvalue weighted by Crippen LogP contribution is -2.41. The van der Waals surface area contributed by atoms with E-state index in [9.17, 15) is 4.79 Å². The highest BCUT2D eigenvalue weighted by molar-refractivity contribution is 5.93. The number of carbonyl (C=O) groups excluding carboxylic acids is 1. The van der Waals surface area contributed by atoms with Crippen LogP contribution in [-0.4, -0.2) is 62.7 Å². The molecule has 2 fully saturated rings. The summed E-state index contributed by atoms with van der Waals surface area (Å²) >= 11 is 0. The van der Waals surface area contributed by atoms with Crippen molar-refractivity contribution < 1.29 is 14.3 Å². The maximum Gasteiger partial charge on any atom is 0.228 e. The molecule has 0 unspecified atom stereocenters. The van der Waals surface area contributed by atoms with Gasteiger partial charge in [-0.25, -0.2) is 0 Å². The molecule has 1 amide bonds. The minimum Gasteiger partial charge on any atom is -0.497 e. The monoisotopic (exact) mass is 437 g/mol. The Bertz CT molecular complexity index is 893. The Morgan fingerprint density at radius 1 is 1.03 bits per heavy atom. The highest BCUT2D eigenvalue weighted by atomic mass is 16.5. The summed E-state index contributed by atoms with van der Waals surface area (Å²) in [5.41, 5.74) is 2.13. The maximum atomic E-state index is 12.9. The molecule has 0 spiro atoms. The first-order chi connectivity index (χ1) is 15.6. The van der Waals surface area contributed by atoms with Crippen molar-refractivity contribution in [1.29, 1.82) is 0 Å². The number of benzene rings is 2. The van der Waals surface area contributed by atoms with Gasteiger partial charge >= 0.3 is 0 Å². The molecule has 6 nitrogen and oxygen atoms in total. The number of hydrogen-bond acceptors (Lipinski definition) is 5. The largest absolute Gasteiger partial charge is 0.497 e. The van der Waals surface area contributed by atoms with Crippen LogP contribution in [0.1, 0.15) is 24.8 Å². The van der Waals surface area contributed by atoms with Crippen LogP contribution in [0, 0.1) is 11.8 Å². The van der Waals surface area contributed by atoms with Gasteiger partial charge in [0.15, 0.2) is 0 Å². The normalized spacial score (nSPS) is 22.6. The van der Waals surface area contributed by atoms with Crippen molar-refractivity contribution in [2.75, 3.05) is 46.2 Å². The summed E-state index contributed by atoms with van der Waals surface area (Å²) in [6, 6.07) is 16.4. The number of anilines is 1. The van der Waals surface area contributed by atoms with Crippen molar-refractivity contribution in [1.82, 2.24) is 9.80 Å². The summed E-state index contributed by atoms with van der Waals surface area (Å²) in [5.74, 6) is 2.53. The maximum absolute atomic E-state index is 12.9. The third-order valence-electron chi connectivity index (χ3n) is 7.05. The van der Waals surface area contributed by atoms with Crippen molar-refractivity contribution in [2.45, 2.75) is 31.8 Å². The summed E-state index contributed by atoms with van der Waals surface area (Å²) in [4.78, 5) is 17.8. The standard InChI is InChI=1S/C26H35N3O3/c1-28-18-21(26(30)27-22-7-9-23(31-2)10-8-22)16-25(28)20-11-13-29(14-12-20)17-19-5-4-6-24(15-19)32-3/h4-10,15,20-21,25H,11-14,16-18H2,1-3H3,(H,27,30)/t21-,25-/m0/s1. The third kappa shape index (κ3) is 5.43. The molecule has 2 atom stereocenters. The molecule has 0 radical (unpaired) electrons. The van der Waals surface area contributed by atoms with E-state index >= 15 is 0 Å². The number of amides is 1. The number of carbonyl (C=O) groups is 1. The van der Waals surface area contributed by atoms with Crippen LogP contribution < -0.4 is 14.8 Å². The molecule has 4 rings (SSSR count). The molecule has 2 aromatic rings. The van der Waals surface area contributed by atoms with Crippen LogP contribution >= 0.6 is 0 Å². The van der Waals surface area contributed by atoms with Crippen LogP contribution in [0.25, 0.3) is 0 Å². The smallest absolute Gasteiger partial charge is 0.228 e. The van der Waals surface area contributed by atoms with Gasteiger partial charge in [-0.2, -0.15) is 0 Å². The zero-order valence-corrected chi connectivity index (χ0v) is 19.4. The van der Waals surface area contributed by atoms with E-state index < -0.39 is 0 Å². The van der Waals surface area contributed by atoms with E-state index in [-0.39, 0.29) is 11.8 Å². The van der Waals surface area contributed by atoms with Gasteiger partial charge in [0.2, 0.25) is 5.91 Å². The van der Waals surface area contributed by atoms with E-state index in [1.54, 1.807) is 14.2 Å². The number of hydrogen-bond donors (Lipinski definition) is 1. The number of piperidine rings is 1. The molecule has 2 aromatic carbocycles. The first kappa shape index (κ1) is 22.6. The molecule has 0 saturated carbocycles. The number of nitrogens with one attached hydrogen (secondary N) is 1. The molecule has 172 valence electrons. The molecule has 2 aliphatic heterocycles. The molecule has 2 saturated heterocycles. The number of likely N-dealkylation sites (tertiary alicyclic amines) is 2. The fourth-order valence-electron chi connectivity index (χ4n) is 5.21. The Morgan fingerprint density at radius 3 is 2.44 bits per heavy atom. The minimum atomic E-state index is 0.0434. The number of ether oxygens (including phenoxy) is 2. The second-order valence-electron chi connectivity index (χ2n) is 9.12. The number of nitrogens with zero attached hydrogens (tertiary/aromatic N) is 2. The summed E-state index contributed by atoms with van der Waals surface area (Å²) < 4.78 is 10.5. The molecule has 32 heavy (non-hydrogen) atoms. The lowest BCUT2D eigenvalue weighted by Gasteiger charge is -2.37. The molecular weight excluding hydrogens is 402 g/mol. The van der Waals surface area contributed by atoms with E-state index in [0.717, 1.165) is 49.8 Å². The summed E-state index contributed by atoms with van der Waals surface area (Å²) in [6.45, 7) is 4.01. The SMILES string of the molecule is COc1ccc(NC(=O)[C@H]2C[C@@H](C3CCN(Cc4cccc(OC)c4)CC3)N(C)C2)cc1. The van der Waals surface area contributed by atoms with Crippen LogP contribution in [0.15, 0.2) is 48.5 Å². The van der Waals surface area contributed by atoms with Crippen LogP contribution in [0.5, 0.6) is 11.5 Å². The molecule has 0 aromatic heterocycles. The lowest BCUT2D eigenvalue weighted by atomic mass is 9.86. The van der Waals surface area contributed by atoms with E-state index in [1.165, 1.54) is 18.4 Å². The van der Waals surface area contributed by atoms with Crippen molar-refractivity contribution >= 4 is 11.6 Å². The molecule has 2 aliphatic rings. The van der Waals surface area contributed by atoms with Crippen molar-refractivity contribution in [3.63, 3.8) is 0 Å². The predicted molar refractivity (Wildman–Crippen MR) is 127 cm³/mol. The molecule has 0 aliphatic carbocycles. The fourth-order valence-corrected chi connectivity index (χ4v) is 5.21.